The van der Waals surface area contributed by atoms with E-state index >= 15 is 0 Å². The van der Waals surface area contributed by atoms with Gasteiger partial charge in [-0.15, -0.1) is 0 Å². The number of ether oxygens (including phenoxy) is 2. The summed E-state index contributed by atoms with van der Waals surface area (Å²) in [5.41, 5.74) is 1.64. The van der Waals surface area contributed by atoms with E-state index in [1.165, 1.54) is 0 Å². The molecule has 1 aromatic carbocycles. The second-order valence-electron chi connectivity index (χ2n) is 2.79. The third-order valence-corrected chi connectivity index (χ3v) is 2.03. The number of methoxy groups -OCH3 is 2. The van der Waals surface area contributed by atoms with Gasteiger partial charge in [-0.1, -0.05) is 12.1 Å². The van der Waals surface area contributed by atoms with Gasteiger partial charge in [-0.25, -0.2) is 0 Å². The van der Waals surface area contributed by atoms with Crippen LogP contribution in [0.15, 0.2) is 18.2 Å². The van der Waals surface area contributed by atoms with Crippen molar-refractivity contribution in [3.63, 3.8) is 0 Å². The largest absolute Gasteiger partial charge is 0.508 e. The first kappa shape index (κ1) is 10.0. The van der Waals surface area contributed by atoms with Crippen LogP contribution in [0, 0.1) is 6.92 Å². The summed E-state index contributed by atoms with van der Waals surface area (Å²) < 4.78 is 10.2. The maximum absolute atomic E-state index is 9.43. The van der Waals surface area contributed by atoms with E-state index in [-0.39, 0.29) is 5.75 Å². The van der Waals surface area contributed by atoms with Crippen LogP contribution in [0.5, 0.6) is 5.75 Å². The monoisotopic (exact) mass is 182 g/mol. The number of benzene rings is 1. The highest BCUT2D eigenvalue weighted by Crippen LogP contribution is 2.26. The molecule has 0 unspecified atom stereocenters. The van der Waals surface area contributed by atoms with Crippen LogP contribution < -0.4 is 0 Å². The standard InChI is InChI=1S/C10H14O3/c1-7-8(10(12-2)13-3)5-4-6-9(7)11/h4-6,10-11H,1-3H3. The maximum atomic E-state index is 9.43. The van der Waals surface area contributed by atoms with Crippen LogP contribution in [0.1, 0.15) is 17.4 Å². The topological polar surface area (TPSA) is 38.7 Å². The van der Waals surface area contributed by atoms with Gasteiger partial charge in [0.05, 0.1) is 0 Å². The summed E-state index contributed by atoms with van der Waals surface area (Å²) in [6.45, 7) is 1.83. The molecule has 0 bridgehead atoms. The quantitative estimate of drug-likeness (QED) is 0.726. The van der Waals surface area contributed by atoms with Crippen molar-refractivity contribution in [2.45, 2.75) is 13.2 Å². The molecular weight excluding hydrogens is 168 g/mol. The molecule has 0 fully saturated rings. The van der Waals surface area contributed by atoms with Gasteiger partial charge >= 0.3 is 0 Å². The van der Waals surface area contributed by atoms with E-state index in [1.54, 1.807) is 26.4 Å². The van der Waals surface area contributed by atoms with Crippen molar-refractivity contribution < 1.29 is 14.6 Å². The van der Waals surface area contributed by atoms with Crippen molar-refractivity contribution >= 4 is 0 Å². The van der Waals surface area contributed by atoms with Crippen LogP contribution >= 0.6 is 0 Å². The highest BCUT2D eigenvalue weighted by molar-refractivity contribution is 5.38. The van der Waals surface area contributed by atoms with E-state index in [2.05, 4.69) is 0 Å². The minimum absolute atomic E-state index is 0.261. The van der Waals surface area contributed by atoms with Gasteiger partial charge in [0.15, 0.2) is 6.29 Å². The third-order valence-electron chi connectivity index (χ3n) is 2.03. The van der Waals surface area contributed by atoms with Gasteiger partial charge in [0, 0.05) is 19.8 Å². The molecule has 3 heteroatoms. The first-order valence-electron chi connectivity index (χ1n) is 4.04. The molecule has 1 rings (SSSR count). The van der Waals surface area contributed by atoms with E-state index < -0.39 is 6.29 Å². The van der Waals surface area contributed by atoms with E-state index in [4.69, 9.17) is 9.47 Å². The lowest BCUT2D eigenvalue weighted by Gasteiger charge is -2.16. The number of hydrogen-bond acceptors (Lipinski definition) is 3. The molecule has 3 nitrogen and oxygen atoms in total. The van der Waals surface area contributed by atoms with Crippen molar-refractivity contribution in [3.8, 4) is 5.75 Å². The molecule has 0 saturated heterocycles. The Balaban J connectivity index is 3.05. The van der Waals surface area contributed by atoms with Gasteiger partial charge in [-0.3, -0.25) is 0 Å². The molecule has 0 aliphatic heterocycles. The van der Waals surface area contributed by atoms with Crippen LogP contribution in [0.4, 0.5) is 0 Å². The summed E-state index contributed by atoms with van der Waals surface area (Å²) >= 11 is 0. The van der Waals surface area contributed by atoms with Crippen molar-refractivity contribution in [1.82, 2.24) is 0 Å². The Morgan fingerprint density at radius 1 is 1.23 bits per heavy atom. The molecule has 0 aromatic heterocycles. The smallest absolute Gasteiger partial charge is 0.183 e. The maximum Gasteiger partial charge on any atom is 0.183 e. The molecule has 72 valence electrons. The molecule has 0 atom stereocenters. The number of hydrogen-bond donors (Lipinski definition) is 1. The predicted octanol–water partition coefficient (Wildman–Crippen LogP) is 1.99. The fraction of sp³-hybridized carbons (Fsp3) is 0.400. The fourth-order valence-electron chi connectivity index (χ4n) is 1.25. The van der Waals surface area contributed by atoms with Crippen molar-refractivity contribution in [2.24, 2.45) is 0 Å². The molecular formula is C10H14O3. The zero-order chi connectivity index (χ0) is 9.84. The average Bonchev–Trinajstić information content (AvgIpc) is 2.14. The third kappa shape index (κ3) is 1.99. The van der Waals surface area contributed by atoms with E-state index in [0.717, 1.165) is 11.1 Å². The Kier molecular flexibility index (Phi) is 3.28. The van der Waals surface area contributed by atoms with Crippen molar-refractivity contribution in [1.29, 1.82) is 0 Å². The number of aromatic hydroxyl groups is 1. The SMILES string of the molecule is COC(OC)c1cccc(O)c1C. The van der Waals surface area contributed by atoms with Crippen molar-refractivity contribution in [3.05, 3.63) is 29.3 Å². The van der Waals surface area contributed by atoms with E-state index in [0.29, 0.717) is 0 Å². The Bertz CT molecular complexity index is 279. The zero-order valence-electron chi connectivity index (χ0n) is 8.07. The van der Waals surface area contributed by atoms with E-state index in [1.807, 2.05) is 13.0 Å². The number of phenolic OH excluding ortho intramolecular Hbond substituents is 1. The molecule has 0 saturated carbocycles. The van der Waals surface area contributed by atoms with Gasteiger partial charge in [0.1, 0.15) is 5.75 Å². The molecule has 0 amide bonds. The average molecular weight is 182 g/mol. The molecule has 0 aliphatic rings. The van der Waals surface area contributed by atoms with Gasteiger partial charge in [0.2, 0.25) is 0 Å². The highest BCUT2D eigenvalue weighted by atomic mass is 16.7. The Morgan fingerprint density at radius 2 is 1.85 bits per heavy atom. The summed E-state index contributed by atoms with van der Waals surface area (Å²) in [5, 5.41) is 9.43. The molecule has 0 radical (unpaired) electrons. The minimum atomic E-state index is -0.410. The number of phenols is 1. The summed E-state index contributed by atoms with van der Waals surface area (Å²) in [4.78, 5) is 0. The molecule has 0 heterocycles. The zero-order valence-corrected chi connectivity index (χ0v) is 8.07. The molecule has 0 aliphatic carbocycles. The lowest BCUT2D eigenvalue weighted by Crippen LogP contribution is -2.05. The Labute approximate surface area is 77.9 Å². The van der Waals surface area contributed by atoms with Crippen LogP contribution in [0.3, 0.4) is 0 Å². The molecule has 1 aromatic rings. The summed E-state index contributed by atoms with van der Waals surface area (Å²) in [5.74, 6) is 0.261. The van der Waals surface area contributed by atoms with E-state index in [9.17, 15) is 5.11 Å². The predicted molar refractivity (Wildman–Crippen MR) is 49.6 cm³/mol. The normalized spacial score (nSPS) is 10.8. The molecule has 1 N–H and O–H groups in total. The van der Waals surface area contributed by atoms with Crippen LogP contribution in [0.25, 0.3) is 0 Å². The second kappa shape index (κ2) is 4.25. The van der Waals surface area contributed by atoms with Gasteiger partial charge in [-0.2, -0.15) is 0 Å². The van der Waals surface area contributed by atoms with Crippen LogP contribution in [-0.2, 0) is 9.47 Å². The fourth-order valence-corrected chi connectivity index (χ4v) is 1.25. The van der Waals surface area contributed by atoms with Crippen molar-refractivity contribution in [2.75, 3.05) is 14.2 Å². The summed E-state index contributed by atoms with van der Waals surface area (Å²) in [6.07, 6.45) is -0.410. The lowest BCUT2D eigenvalue weighted by atomic mass is 10.1. The van der Waals surface area contributed by atoms with Crippen LogP contribution in [0.2, 0.25) is 0 Å². The highest BCUT2D eigenvalue weighted by Gasteiger charge is 2.12. The van der Waals surface area contributed by atoms with Gasteiger partial charge in [0.25, 0.3) is 0 Å². The Morgan fingerprint density at radius 3 is 2.38 bits per heavy atom. The second-order valence-corrected chi connectivity index (χ2v) is 2.79. The Hall–Kier alpha value is -1.06. The number of rotatable bonds is 3. The van der Waals surface area contributed by atoms with Gasteiger partial charge in [-0.05, 0) is 18.6 Å². The first-order chi connectivity index (χ1) is 6.20. The summed E-state index contributed by atoms with van der Waals surface area (Å²) in [7, 11) is 3.13. The first-order valence-corrected chi connectivity index (χ1v) is 4.04. The van der Waals surface area contributed by atoms with Crippen LogP contribution in [-0.4, -0.2) is 19.3 Å². The molecule has 13 heavy (non-hydrogen) atoms. The molecule has 0 spiro atoms. The summed E-state index contributed by atoms with van der Waals surface area (Å²) in [6, 6.07) is 5.27. The minimum Gasteiger partial charge on any atom is -0.508 e. The van der Waals surface area contributed by atoms with Gasteiger partial charge < -0.3 is 14.6 Å². The lowest BCUT2D eigenvalue weighted by molar-refractivity contribution is -0.106.